The summed E-state index contributed by atoms with van der Waals surface area (Å²) in [6, 6.07) is 1.22. The summed E-state index contributed by atoms with van der Waals surface area (Å²) in [5.74, 6) is 0.194. The van der Waals surface area contributed by atoms with Crippen molar-refractivity contribution >= 4 is 10.8 Å². The van der Waals surface area contributed by atoms with E-state index >= 15 is 0 Å². The average molecular weight is 188 g/mol. The van der Waals surface area contributed by atoms with Gasteiger partial charge in [-0.05, 0) is 0 Å². The van der Waals surface area contributed by atoms with Gasteiger partial charge in [0.2, 0.25) is 0 Å². The molecule has 0 aliphatic heterocycles. The summed E-state index contributed by atoms with van der Waals surface area (Å²) in [4.78, 5) is 25.8. The van der Waals surface area contributed by atoms with Gasteiger partial charge in [0, 0.05) is 28.8 Å². The summed E-state index contributed by atoms with van der Waals surface area (Å²) in [7, 11) is -1.06. The fraction of sp³-hybridized carbons (Fsp3) is 0.333. The quantitative estimate of drug-likeness (QED) is 0.620. The maximum atomic E-state index is 10.7. The van der Waals surface area contributed by atoms with Crippen LogP contribution < -0.4 is 11.2 Å². The van der Waals surface area contributed by atoms with E-state index in [-0.39, 0.29) is 5.75 Å². The number of aromatic amines is 2. The Morgan fingerprint density at radius 3 is 2.58 bits per heavy atom. The predicted octanol–water partition coefficient (Wildman–Crippen LogP) is -1.06. The van der Waals surface area contributed by atoms with Crippen LogP contribution in [0.15, 0.2) is 15.7 Å². The van der Waals surface area contributed by atoms with E-state index in [4.69, 9.17) is 0 Å². The molecule has 0 unspecified atom stereocenters. The molecule has 0 amide bonds. The van der Waals surface area contributed by atoms with Crippen LogP contribution >= 0.6 is 0 Å². The molecule has 1 atom stereocenters. The first-order valence-electron chi connectivity index (χ1n) is 3.20. The lowest BCUT2D eigenvalue weighted by atomic mass is 10.5. The van der Waals surface area contributed by atoms with E-state index in [1.54, 1.807) is 0 Å². The fourth-order valence-corrected chi connectivity index (χ4v) is 1.41. The maximum Gasteiger partial charge on any atom is 0.325 e. The van der Waals surface area contributed by atoms with Crippen LogP contribution in [-0.2, 0) is 16.6 Å². The molecule has 12 heavy (non-hydrogen) atoms. The molecule has 0 saturated heterocycles. The minimum absolute atomic E-state index is 0.194. The largest absolute Gasteiger partial charge is 0.325 e. The van der Waals surface area contributed by atoms with Gasteiger partial charge in [-0.1, -0.05) is 0 Å². The molecule has 5 nitrogen and oxygen atoms in total. The number of hydrogen-bond donors (Lipinski definition) is 2. The highest BCUT2D eigenvalue weighted by Gasteiger charge is 1.98. The minimum Gasteiger partial charge on any atom is -0.310 e. The lowest BCUT2D eigenvalue weighted by Gasteiger charge is -1.94. The van der Waals surface area contributed by atoms with Crippen molar-refractivity contribution < 1.29 is 4.21 Å². The van der Waals surface area contributed by atoms with Crippen molar-refractivity contribution in [2.45, 2.75) is 5.75 Å². The lowest BCUT2D eigenvalue weighted by Crippen LogP contribution is -2.23. The standard InChI is InChI=1S/C6H8N2O3S/c1-12(11)3-4-2-5(9)8-6(10)7-4/h2H,3H2,1H3,(H2,7,8,9,10)/t12-/m0/s1. The first-order chi connectivity index (χ1) is 5.58. The highest BCUT2D eigenvalue weighted by molar-refractivity contribution is 7.83. The van der Waals surface area contributed by atoms with E-state index in [1.165, 1.54) is 12.3 Å². The second kappa shape index (κ2) is 3.48. The highest BCUT2D eigenvalue weighted by atomic mass is 32.2. The van der Waals surface area contributed by atoms with Gasteiger partial charge in [-0.25, -0.2) is 4.79 Å². The van der Waals surface area contributed by atoms with Crippen molar-refractivity contribution in [3.8, 4) is 0 Å². The molecule has 0 aliphatic rings. The molecule has 0 aliphatic carbocycles. The number of H-pyrrole nitrogens is 2. The van der Waals surface area contributed by atoms with Gasteiger partial charge in [0.15, 0.2) is 0 Å². The summed E-state index contributed by atoms with van der Waals surface area (Å²) in [5.41, 5.74) is -0.647. The number of hydrogen-bond acceptors (Lipinski definition) is 3. The summed E-state index contributed by atoms with van der Waals surface area (Å²) < 4.78 is 10.7. The van der Waals surface area contributed by atoms with E-state index in [1.807, 2.05) is 4.98 Å². The third kappa shape index (κ3) is 2.46. The topological polar surface area (TPSA) is 82.8 Å². The SMILES string of the molecule is C[S@](=O)Cc1cc(=O)[nH]c(=O)[nH]1. The lowest BCUT2D eigenvalue weighted by molar-refractivity contribution is 0.685. The third-order valence-corrected chi connectivity index (χ3v) is 1.89. The van der Waals surface area contributed by atoms with Crippen molar-refractivity contribution in [2.75, 3.05) is 6.26 Å². The van der Waals surface area contributed by atoms with Crippen LogP contribution in [-0.4, -0.2) is 20.4 Å². The highest BCUT2D eigenvalue weighted by Crippen LogP contribution is 1.90. The fourth-order valence-electron chi connectivity index (χ4n) is 0.816. The Bertz CT molecular complexity index is 377. The van der Waals surface area contributed by atoms with Crippen molar-refractivity contribution in [3.05, 3.63) is 32.6 Å². The summed E-state index contributed by atoms with van der Waals surface area (Å²) >= 11 is 0. The number of nitrogens with one attached hydrogen (secondary N) is 2. The molecule has 66 valence electrons. The Balaban J connectivity index is 3.09. The van der Waals surface area contributed by atoms with E-state index < -0.39 is 22.0 Å². The molecule has 0 radical (unpaired) electrons. The predicted molar refractivity (Wildman–Crippen MR) is 45.5 cm³/mol. The summed E-state index contributed by atoms with van der Waals surface area (Å²) in [6.45, 7) is 0. The van der Waals surface area contributed by atoms with Gasteiger partial charge in [-0.2, -0.15) is 0 Å². The Hall–Kier alpha value is -1.17. The van der Waals surface area contributed by atoms with Gasteiger partial charge in [0.05, 0.1) is 5.75 Å². The van der Waals surface area contributed by atoms with Crippen LogP contribution in [0.2, 0.25) is 0 Å². The molecule has 1 rings (SSSR count). The van der Waals surface area contributed by atoms with Crippen LogP contribution in [0.5, 0.6) is 0 Å². The summed E-state index contributed by atoms with van der Waals surface area (Å²) in [5, 5.41) is 0. The second-order valence-corrected chi connectivity index (χ2v) is 3.77. The molecule has 2 N–H and O–H groups in total. The minimum atomic E-state index is -1.06. The Morgan fingerprint density at radius 1 is 1.42 bits per heavy atom. The Kier molecular flexibility index (Phi) is 2.59. The molecule has 0 fully saturated rings. The molecule has 1 heterocycles. The molecule has 0 aromatic carbocycles. The van der Waals surface area contributed by atoms with Crippen LogP contribution in [0.25, 0.3) is 0 Å². The maximum absolute atomic E-state index is 10.7. The second-order valence-electron chi connectivity index (χ2n) is 2.33. The molecule has 6 heteroatoms. The van der Waals surface area contributed by atoms with Gasteiger partial charge >= 0.3 is 5.69 Å². The zero-order valence-electron chi connectivity index (χ0n) is 6.42. The monoisotopic (exact) mass is 188 g/mol. The third-order valence-electron chi connectivity index (χ3n) is 1.17. The zero-order chi connectivity index (χ0) is 9.14. The van der Waals surface area contributed by atoms with Gasteiger partial charge < -0.3 is 4.98 Å². The molecule has 1 aromatic rings. The van der Waals surface area contributed by atoms with E-state index in [9.17, 15) is 13.8 Å². The first kappa shape index (κ1) is 8.92. The molecular weight excluding hydrogens is 180 g/mol. The molecular formula is C6H8N2O3S. The summed E-state index contributed by atoms with van der Waals surface area (Å²) in [6.07, 6.45) is 1.50. The van der Waals surface area contributed by atoms with Crippen LogP contribution in [0.3, 0.4) is 0 Å². The molecule has 0 spiro atoms. The van der Waals surface area contributed by atoms with Gasteiger partial charge in [0.25, 0.3) is 5.56 Å². The van der Waals surface area contributed by atoms with E-state index in [2.05, 4.69) is 4.98 Å². The molecule has 0 bridgehead atoms. The van der Waals surface area contributed by atoms with E-state index in [0.717, 1.165) is 0 Å². The van der Waals surface area contributed by atoms with Crippen molar-refractivity contribution in [1.82, 2.24) is 9.97 Å². The van der Waals surface area contributed by atoms with Crippen LogP contribution in [0, 0.1) is 0 Å². The smallest absolute Gasteiger partial charge is 0.310 e. The average Bonchev–Trinajstić information content (AvgIpc) is 1.81. The number of aromatic nitrogens is 2. The van der Waals surface area contributed by atoms with Crippen LogP contribution in [0.1, 0.15) is 5.69 Å². The zero-order valence-corrected chi connectivity index (χ0v) is 7.23. The van der Waals surface area contributed by atoms with Gasteiger partial charge in [-0.3, -0.25) is 14.0 Å². The Labute approximate surface area is 70.3 Å². The van der Waals surface area contributed by atoms with Crippen molar-refractivity contribution in [2.24, 2.45) is 0 Å². The normalized spacial score (nSPS) is 12.8. The van der Waals surface area contributed by atoms with E-state index in [0.29, 0.717) is 5.69 Å². The molecule has 1 aromatic heterocycles. The van der Waals surface area contributed by atoms with Gasteiger partial charge in [0.1, 0.15) is 0 Å². The number of rotatable bonds is 2. The Morgan fingerprint density at radius 2 is 2.08 bits per heavy atom. The van der Waals surface area contributed by atoms with Crippen molar-refractivity contribution in [3.63, 3.8) is 0 Å². The molecule has 0 saturated carbocycles. The van der Waals surface area contributed by atoms with Crippen LogP contribution in [0.4, 0.5) is 0 Å². The first-order valence-corrected chi connectivity index (χ1v) is 4.93. The van der Waals surface area contributed by atoms with Gasteiger partial charge in [-0.15, -0.1) is 0 Å². The van der Waals surface area contributed by atoms with Crippen molar-refractivity contribution in [1.29, 1.82) is 0 Å².